The third-order valence-corrected chi connectivity index (χ3v) is 7.38. The number of hydrogen-bond acceptors (Lipinski definition) is 8. The molecule has 5 N–H and O–H groups in total. The summed E-state index contributed by atoms with van der Waals surface area (Å²) >= 11 is 0. The van der Waals surface area contributed by atoms with Crippen molar-refractivity contribution in [2.45, 2.75) is 102 Å². The molecule has 0 spiro atoms. The topological polar surface area (TPSA) is 155 Å². The van der Waals surface area contributed by atoms with Gasteiger partial charge in [-0.2, -0.15) is 0 Å². The lowest BCUT2D eigenvalue weighted by molar-refractivity contribution is -0.130. The first-order valence-corrected chi connectivity index (χ1v) is 14.7. The number of nitrogens with one attached hydrogen (secondary N) is 4. The van der Waals surface area contributed by atoms with Gasteiger partial charge >= 0.3 is 6.09 Å². The zero-order chi connectivity index (χ0) is 30.9. The second-order valence-electron chi connectivity index (χ2n) is 12.2. The monoisotopic (exact) mass is 586 g/mol. The molecule has 0 aromatic heterocycles. The molecule has 42 heavy (non-hydrogen) atoms. The summed E-state index contributed by atoms with van der Waals surface area (Å²) in [7, 11) is 0. The molecule has 232 valence electrons. The van der Waals surface area contributed by atoms with Gasteiger partial charge < -0.3 is 30.5 Å². The molecule has 1 aliphatic heterocycles. The van der Waals surface area contributed by atoms with E-state index < -0.39 is 48.1 Å². The largest absolute Gasteiger partial charge is 0.445 e. The summed E-state index contributed by atoms with van der Waals surface area (Å²) in [5.74, 6) is -1.10. The lowest BCUT2D eigenvalue weighted by Crippen LogP contribution is -2.61. The fourth-order valence-corrected chi connectivity index (χ4v) is 5.05. The minimum Gasteiger partial charge on any atom is -0.445 e. The second kappa shape index (κ2) is 15.3. The van der Waals surface area contributed by atoms with Crippen LogP contribution in [0.5, 0.6) is 0 Å². The van der Waals surface area contributed by atoms with E-state index in [1.807, 2.05) is 51.1 Å². The van der Waals surface area contributed by atoms with Crippen molar-refractivity contribution >= 4 is 23.7 Å². The normalized spacial score (nSPS) is 20.4. The Labute approximate surface area is 248 Å². The van der Waals surface area contributed by atoms with Crippen molar-refractivity contribution in [1.29, 1.82) is 0 Å². The average Bonchev–Trinajstić information content (AvgIpc) is 3.67. The molecule has 1 aromatic rings. The Kier molecular flexibility index (Phi) is 12.1. The quantitative estimate of drug-likeness (QED) is 0.146. The van der Waals surface area contributed by atoms with E-state index in [0.29, 0.717) is 25.3 Å². The number of amides is 3. The fourth-order valence-electron chi connectivity index (χ4n) is 5.05. The number of carbonyl (C=O) groups is 4. The lowest BCUT2D eigenvalue weighted by atomic mass is 9.95. The number of rotatable bonds is 16. The van der Waals surface area contributed by atoms with Gasteiger partial charge in [0.15, 0.2) is 5.78 Å². The molecule has 0 radical (unpaired) electrons. The summed E-state index contributed by atoms with van der Waals surface area (Å²) < 4.78 is 11.4. The van der Waals surface area contributed by atoms with Crippen LogP contribution in [0, 0.1) is 11.8 Å². The number of ether oxygens (including phenoxy) is 2. The molecule has 1 saturated heterocycles. The number of ketones is 1. The van der Waals surface area contributed by atoms with Crippen molar-refractivity contribution < 1.29 is 33.8 Å². The molecule has 1 saturated carbocycles. The zero-order valence-corrected chi connectivity index (χ0v) is 25.1. The number of aliphatic hydroxyl groups excluding tert-OH is 1. The Bertz CT molecular complexity index is 1090. The molecular formula is C31H46N4O7. The number of aliphatic hydroxyl groups is 1. The van der Waals surface area contributed by atoms with Gasteiger partial charge in [-0.1, -0.05) is 49.8 Å². The minimum absolute atomic E-state index is 0.0435. The van der Waals surface area contributed by atoms with Gasteiger partial charge in [0.25, 0.3) is 0 Å². The minimum atomic E-state index is -1.39. The van der Waals surface area contributed by atoms with E-state index in [4.69, 9.17) is 9.47 Å². The van der Waals surface area contributed by atoms with Gasteiger partial charge in [-0.25, -0.2) is 4.79 Å². The smallest absolute Gasteiger partial charge is 0.407 e. The molecule has 2 fully saturated rings. The van der Waals surface area contributed by atoms with Crippen LogP contribution >= 0.6 is 0 Å². The van der Waals surface area contributed by atoms with E-state index >= 15 is 0 Å². The van der Waals surface area contributed by atoms with Gasteiger partial charge in [-0.05, 0) is 64.5 Å². The van der Waals surface area contributed by atoms with Gasteiger partial charge in [0.2, 0.25) is 11.8 Å². The molecule has 2 aliphatic rings. The van der Waals surface area contributed by atoms with Gasteiger partial charge in [0.05, 0.1) is 29.8 Å². The zero-order valence-electron chi connectivity index (χ0n) is 25.1. The van der Waals surface area contributed by atoms with Crippen molar-refractivity contribution in [3.05, 3.63) is 48.6 Å². The molecule has 1 unspecified atom stereocenters. The maximum Gasteiger partial charge on any atom is 0.407 e. The Morgan fingerprint density at radius 3 is 2.36 bits per heavy atom. The molecule has 1 aliphatic carbocycles. The second-order valence-corrected chi connectivity index (χ2v) is 12.2. The summed E-state index contributed by atoms with van der Waals surface area (Å²) in [6.45, 7) is 11.4. The van der Waals surface area contributed by atoms with Crippen LogP contribution in [0.2, 0.25) is 0 Å². The molecule has 6 atom stereocenters. The number of alkyl carbamates (subject to hydrolysis) is 1. The van der Waals surface area contributed by atoms with E-state index in [0.717, 1.165) is 24.5 Å². The first-order valence-electron chi connectivity index (χ1n) is 14.7. The van der Waals surface area contributed by atoms with Gasteiger partial charge in [0.1, 0.15) is 12.8 Å². The van der Waals surface area contributed by atoms with E-state index in [-0.39, 0.29) is 30.6 Å². The first-order chi connectivity index (χ1) is 19.9. The summed E-state index contributed by atoms with van der Waals surface area (Å²) in [6.07, 6.45) is 1.42. The predicted octanol–water partition coefficient (Wildman–Crippen LogP) is 2.33. The number of hydrogen-bond donors (Lipinski definition) is 5. The third-order valence-electron chi connectivity index (χ3n) is 7.38. The highest BCUT2D eigenvalue weighted by Gasteiger charge is 2.38. The maximum atomic E-state index is 13.5. The Morgan fingerprint density at radius 1 is 1.10 bits per heavy atom. The van der Waals surface area contributed by atoms with Crippen molar-refractivity contribution in [2.75, 3.05) is 6.54 Å². The van der Waals surface area contributed by atoms with Crippen molar-refractivity contribution in [1.82, 2.24) is 21.3 Å². The van der Waals surface area contributed by atoms with Crippen LogP contribution in [0.15, 0.2) is 43.0 Å². The average molecular weight is 587 g/mol. The van der Waals surface area contributed by atoms with Crippen LogP contribution in [0.4, 0.5) is 4.79 Å². The predicted molar refractivity (Wildman–Crippen MR) is 157 cm³/mol. The van der Waals surface area contributed by atoms with Crippen LogP contribution in [-0.2, 0) is 30.5 Å². The molecular weight excluding hydrogens is 540 g/mol. The molecule has 3 rings (SSSR count). The Balaban J connectivity index is 1.71. The lowest BCUT2D eigenvalue weighted by Gasteiger charge is -2.35. The first kappa shape index (κ1) is 33.2. The van der Waals surface area contributed by atoms with E-state index in [9.17, 15) is 24.3 Å². The Morgan fingerprint density at radius 2 is 1.79 bits per heavy atom. The van der Waals surface area contributed by atoms with Gasteiger partial charge in [-0.15, -0.1) is 0 Å². The fraction of sp³-hybridized carbons (Fsp3) is 0.613. The summed E-state index contributed by atoms with van der Waals surface area (Å²) in [5, 5.41) is 22.6. The third kappa shape index (κ3) is 10.8. The highest BCUT2D eigenvalue weighted by molar-refractivity contribution is 5.97. The molecule has 11 heteroatoms. The summed E-state index contributed by atoms with van der Waals surface area (Å²) in [4.78, 5) is 51.0. The van der Waals surface area contributed by atoms with Crippen LogP contribution in [0.25, 0.3) is 0 Å². The van der Waals surface area contributed by atoms with Crippen molar-refractivity contribution in [3.8, 4) is 0 Å². The highest BCUT2D eigenvalue weighted by atomic mass is 16.6. The SMILES string of the molecule is C=CC(=O)[C@H](C[C@@H]1CCNC1=O)NC(=O)[C@H](CC1CC1)NC(O)[C@@H](NC(=O)OCc1ccccc1)[C@@H](C)OC(C)(C)C. The summed E-state index contributed by atoms with van der Waals surface area (Å²) in [6, 6.07) is 6.44. The van der Waals surface area contributed by atoms with Crippen LogP contribution in [-0.4, -0.2) is 71.4 Å². The molecule has 11 nitrogen and oxygen atoms in total. The number of carbonyl (C=O) groups excluding carboxylic acids is 4. The van der Waals surface area contributed by atoms with E-state index in [2.05, 4.69) is 27.8 Å². The highest BCUT2D eigenvalue weighted by Crippen LogP contribution is 2.34. The molecule has 1 aromatic carbocycles. The van der Waals surface area contributed by atoms with Gasteiger partial charge in [0, 0.05) is 12.5 Å². The van der Waals surface area contributed by atoms with Crippen LogP contribution < -0.4 is 21.3 Å². The Hall–Kier alpha value is -3.28. The maximum absolute atomic E-state index is 13.5. The van der Waals surface area contributed by atoms with E-state index in [1.54, 1.807) is 6.92 Å². The van der Waals surface area contributed by atoms with E-state index in [1.165, 1.54) is 0 Å². The van der Waals surface area contributed by atoms with Crippen molar-refractivity contribution in [2.24, 2.45) is 11.8 Å². The molecule has 3 amide bonds. The molecule has 0 bridgehead atoms. The molecule has 1 heterocycles. The number of benzene rings is 1. The standard InChI is InChI=1S/C31H46N4O7/c1-6-25(36)23(17-22-14-15-32-27(22)37)33-28(38)24(16-20-12-13-20)34-29(39)26(19(2)42-31(3,4)5)35-30(40)41-18-21-10-8-7-9-11-21/h6-11,19-20,22-24,26,29,34,39H,1,12-18H2,2-5H3,(H,32,37)(H,33,38)(H,35,40)/t19-,22+,23+,24+,26+,29?/m1/s1. The van der Waals surface area contributed by atoms with Crippen LogP contribution in [0.1, 0.15) is 65.4 Å². The van der Waals surface area contributed by atoms with Gasteiger partial charge in [-0.3, -0.25) is 19.7 Å². The van der Waals surface area contributed by atoms with Crippen molar-refractivity contribution in [3.63, 3.8) is 0 Å². The summed E-state index contributed by atoms with van der Waals surface area (Å²) in [5.41, 5.74) is 0.226. The van der Waals surface area contributed by atoms with Crippen LogP contribution in [0.3, 0.4) is 0 Å².